The zero-order valence-corrected chi connectivity index (χ0v) is 12.6. The van der Waals surface area contributed by atoms with Crippen LogP contribution in [-0.4, -0.2) is 36.5 Å². The summed E-state index contributed by atoms with van der Waals surface area (Å²) in [4.78, 5) is 17.5. The van der Waals surface area contributed by atoms with Gasteiger partial charge in [0.05, 0.1) is 5.69 Å². The number of anilines is 1. The lowest BCUT2D eigenvalue weighted by atomic mass is 10.2. The van der Waals surface area contributed by atoms with Gasteiger partial charge in [-0.25, -0.2) is 13.2 Å². The average molecular weight is 309 g/mol. The lowest BCUT2D eigenvalue weighted by Gasteiger charge is -2.19. The van der Waals surface area contributed by atoms with Gasteiger partial charge in [-0.05, 0) is 26.0 Å². The van der Waals surface area contributed by atoms with Crippen LogP contribution in [0.5, 0.6) is 0 Å². The van der Waals surface area contributed by atoms with Gasteiger partial charge in [0.2, 0.25) is 0 Å². The number of carboxylic acid groups (broad SMARTS) is 1. The number of rotatable bonds is 4. The van der Waals surface area contributed by atoms with Crippen LogP contribution in [0.2, 0.25) is 0 Å². The van der Waals surface area contributed by atoms with E-state index in [1.165, 1.54) is 33.3 Å². The molecule has 8 heteroatoms. The molecule has 2 N–H and O–H groups in total. The summed E-state index contributed by atoms with van der Waals surface area (Å²) in [7, 11) is -2.44. The molecule has 0 saturated heterocycles. The summed E-state index contributed by atoms with van der Waals surface area (Å²) in [6, 6.07) is 3.12. The van der Waals surface area contributed by atoms with Crippen LogP contribution in [0.4, 0.5) is 5.69 Å². The molecule has 0 radical (unpaired) electrons. The fourth-order valence-electron chi connectivity index (χ4n) is 2.16. The third-order valence-electron chi connectivity index (χ3n) is 3.23. The normalized spacial score (nSPS) is 11.4. The van der Waals surface area contributed by atoms with Gasteiger partial charge < -0.3 is 10.1 Å². The minimum Gasteiger partial charge on any atom is -0.477 e. The Labute approximate surface area is 122 Å². The summed E-state index contributed by atoms with van der Waals surface area (Å²) >= 11 is 0. The molecule has 2 aromatic rings. The summed E-state index contributed by atoms with van der Waals surface area (Å²) in [6.45, 7) is 3.01. The van der Waals surface area contributed by atoms with Crippen LogP contribution >= 0.6 is 0 Å². The minimum absolute atomic E-state index is 0.0146. The Balaban J connectivity index is 2.58. The number of sulfonamides is 1. The van der Waals surface area contributed by atoms with Crippen molar-refractivity contribution in [3.8, 4) is 0 Å². The molecule has 0 aromatic carbocycles. The number of hydrogen-bond acceptors (Lipinski definition) is 4. The lowest BCUT2D eigenvalue weighted by molar-refractivity contribution is 0.0690. The second-order valence-corrected chi connectivity index (χ2v) is 6.47. The first kappa shape index (κ1) is 15.0. The van der Waals surface area contributed by atoms with E-state index in [0.717, 1.165) is 4.31 Å². The first-order chi connectivity index (χ1) is 9.76. The number of pyridine rings is 1. The molecular formula is C13H15N3O4S. The molecule has 2 aromatic heterocycles. The number of H-pyrrole nitrogens is 1. The van der Waals surface area contributed by atoms with Gasteiger partial charge in [-0.15, -0.1) is 0 Å². The third-order valence-corrected chi connectivity index (χ3v) is 5.29. The van der Waals surface area contributed by atoms with Crippen LogP contribution in [0.3, 0.4) is 0 Å². The van der Waals surface area contributed by atoms with Gasteiger partial charge in [-0.2, -0.15) is 0 Å². The summed E-state index contributed by atoms with van der Waals surface area (Å²) in [5.74, 6) is -1.19. The predicted octanol–water partition coefficient (Wildman–Crippen LogP) is 1.55. The fourth-order valence-corrected chi connectivity index (χ4v) is 3.76. The van der Waals surface area contributed by atoms with Crippen molar-refractivity contribution in [2.75, 3.05) is 11.4 Å². The lowest BCUT2D eigenvalue weighted by Crippen LogP contribution is -2.27. The van der Waals surface area contributed by atoms with E-state index < -0.39 is 16.0 Å². The number of aromatic carboxylic acids is 1. The zero-order valence-electron chi connectivity index (χ0n) is 11.8. The molecule has 0 fully saturated rings. The van der Waals surface area contributed by atoms with E-state index >= 15 is 0 Å². The Morgan fingerprint density at radius 2 is 1.86 bits per heavy atom. The van der Waals surface area contributed by atoms with E-state index in [0.29, 0.717) is 11.4 Å². The molecule has 0 bridgehead atoms. The quantitative estimate of drug-likeness (QED) is 0.892. The van der Waals surface area contributed by atoms with E-state index in [1.807, 2.05) is 0 Å². The molecule has 0 aliphatic carbocycles. The number of nitrogens with zero attached hydrogens (tertiary/aromatic N) is 2. The van der Waals surface area contributed by atoms with Crippen molar-refractivity contribution in [3.05, 3.63) is 41.5 Å². The number of hydrogen-bond donors (Lipinski definition) is 2. The molecule has 0 amide bonds. The Hall–Kier alpha value is -2.35. The summed E-state index contributed by atoms with van der Waals surface area (Å²) < 4.78 is 26.5. The molecule has 2 rings (SSSR count). The Morgan fingerprint density at radius 1 is 1.29 bits per heavy atom. The van der Waals surface area contributed by atoms with E-state index in [1.54, 1.807) is 12.1 Å². The topological polar surface area (TPSA) is 103 Å². The van der Waals surface area contributed by atoms with Crippen LogP contribution in [0.25, 0.3) is 0 Å². The highest BCUT2D eigenvalue weighted by molar-refractivity contribution is 7.92. The maximum atomic E-state index is 12.7. The van der Waals surface area contributed by atoms with E-state index in [4.69, 9.17) is 5.11 Å². The van der Waals surface area contributed by atoms with Crippen LogP contribution < -0.4 is 4.31 Å². The molecule has 0 saturated carbocycles. The van der Waals surface area contributed by atoms with Crippen molar-refractivity contribution in [1.82, 2.24) is 9.97 Å². The van der Waals surface area contributed by atoms with Crippen molar-refractivity contribution in [1.29, 1.82) is 0 Å². The van der Waals surface area contributed by atoms with E-state index in [-0.39, 0.29) is 16.2 Å². The highest BCUT2D eigenvalue weighted by Gasteiger charge is 2.30. The first-order valence-electron chi connectivity index (χ1n) is 6.08. The molecular weight excluding hydrogens is 294 g/mol. The number of carboxylic acids is 1. The van der Waals surface area contributed by atoms with Crippen molar-refractivity contribution in [3.63, 3.8) is 0 Å². The highest BCUT2D eigenvalue weighted by Crippen LogP contribution is 2.28. The molecule has 0 unspecified atom stereocenters. The minimum atomic E-state index is -3.86. The summed E-state index contributed by atoms with van der Waals surface area (Å²) in [5, 5.41) is 9.08. The average Bonchev–Trinajstić information content (AvgIpc) is 2.74. The highest BCUT2D eigenvalue weighted by atomic mass is 32.2. The second kappa shape index (κ2) is 5.21. The van der Waals surface area contributed by atoms with Crippen LogP contribution in [0.1, 0.15) is 21.7 Å². The van der Waals surface area contributed by atoms with E-state index in [9.17, 15) is 13.2 Å². The van der Waals surface area contributed by atoms with Gasteiger partial charge in [-0.3, -0.25) is 9.29 Å². The number of carbonyl (C=O) groups is 1. The standard InChI is InChI=1S/C13H15N3O4S/c1-8-11(13(17)18)15-9(2)12(8)21(19,20)16(3)10-4-6-14-7-5-10/h4-7,15H,1-3H3,(H,17,18). The molecule has 0 spiro atoms. The second-order valence-electron chi connectivity index (χ2n) is 4.56. The van der Waals surface area contributed by atoms with Crippen molar-refractivity contribution < 1.29 is 18.3 Å². The van der Waals surface area contributed by atoms with Gasteiger partial charge >= 0.3 is 5.97 Å². The smallest absolute Gasteiger partial charge is 0.352 e. The first-order valence-corrected chi connectivity index (χ1v) is 7.52. The number of aromatic amines is 1. The molecule has 7 nitrogen and oxygen atoms in total. The molecule has 0 atom stereocenters. The van der Waals surface area contributed by atoms with E-state index in [2.05, 4.69) is 9.97 Å². The molecule has 0 aliphatic rings. The zero-order chi connectivity index (χ0) is 15.8. The summed E-state index contributed by atoms with van der Waals surface area (Å²) in [6.07, 6.45) is 2.97. The van der Waals surface area contributed by atoms with Gasteiger partial charge in [0.25, 0.3) is 10.0 Å². The third kappa shape index (κ3) is 2.49. The van der Waals surface area contributed by atoms with Crippen LogP contribution in [0, 0.1) is 13.8 Å². The Morgan fingerprint density at radius 3 is 2.33 bits per heavy atom. The Kier molecular flexibility index (Phi) is 3.73. The van der Waals surface area contributed by atoms with Crippen LogP contribution in [0.15, 0.2) is 29.4 Å². The maximum absolute atomic E-state index is 12.7. The van der Waals surface area contributed by atoms with Gasteiger partial charge in [0.1, 0.15) is 10.6 Å². The SMILES string of the molecule is Cc1[nH]c(C(=O)O)c(C)c1S(=O)(=O)N(C)c1ccncc1. The number of aryl methyl sites for hydroxylation is 1. The fraction of sp³-hybridized carbons (Fsp3) is 0.231. The van der Waals surface area contributed by atoms with Crippen molar-refractivity contribution >= 4 is 21.7 Å². The predicted molar refractivity (Wildman–Crippen MR) is 77.1 cm³/mol. The van der Waals surface area contributed by atoms with Gasteiger partial charge in [0, 0.05) is 30.7 Å². The maximum Gasteiger partial charge on any atom is 0.352 e. The Bertz CT molecular complexity index is 781. The van der Waals surface area contributed by atoms with Crippen molar-refractivity contribution in [2.24, 2.45) is 0 Å². The number of nitrogens with one attached hydrogen (secondary N) is 1. The monoisotopic (exact) mass is 309 g/mol. The molecule has 0 aliphatic heterocycles. The molecule has 112 valence electrons. The van der Waals surface area contributed by atoms with Gasteiger partial charge in [0.15, 0.2) is 0 Å². The molecule has 2 heterocycles. The van der Waals surface area contributed by atoms with Crippen molar-refractivity contribution in [2.45, 2.75) is 18.7 Å². The molecule has 21 heavy (non-hydrogen) atoms. The van der Waals surface area contributed by atoms with Gasteiger partial charge in [-0.1, -0.05) is 0 Å². The largest absolute Gasteiger partial charge is 0.477 e. The van der Waals surface area contributed by atoms with Crippen LogP contribution in [-0.2, 0) is 10.0 Å². The summed E-state index contributed by atoms with van der Waals surface area (Å²) in [5.41, 5.74) is 0.822. The number of aromatic nitrogens is 2.